The van der Waals surface area contributed by atoms with E-state index in [4.69, 9.17) is 0 Å². The van der Waals surface area contributed by atoms with E-state index in [2.05, 4.69) is 17.6 Å². The Morgan fingerprint density at radius 3 is 2.43 bits per heavy atom. The molecule has 0 aromatic carbocycles. The molecule has 0 aromatic rings. The van der Waals surface area contributed by atoms with Gasteiger partial charge in [-0.1, -0.05) is 39.5 Å². The van der Waals surface area contributed by atoms with Gasteiger partial charge in [0, 0.05) is 31.8 Å². The summed E-state index contributed by atoms with van der Waals surface area (Å²) in [5.74, 6) is 0.579. The van der Waals surface area contributed by atoms with Crippen molar-refractivity contribution in [3.05, 3.63) is 0 Å². The number of nitrogens with zero attached hydrogens (tertiary/aromatic N) is 1. The Morgan fingerprint density at radius 2 is 1.73 bits per heavy atom. The molecule has 3 amide bonds. The topological polar surface area (TPSA) is 95.6 Å². The number of amides is 3. The number of likely N-dealkylation sites (tertiary alicyclic amines) is 1. The van der Waals surface area contributed by atoms with Crippen molar-refractivity contribution in [2.45, 2.75) is 90.5 Å². The molecule has 1 aliphatic heterocycles. The monoisotopic (exact) mass is 421 g/mol. The highest BCUT2D eigenvalue weighted by Crippen LogP contribution is 2.29. The van der Waals surface area contributed by atoms with Gasteiger partial charge in [0.25, 0.3) is 0 Å². The average Bonchev–Trinajstić information content (AvgIpc) is 3.00. The molecule has 0 radical (unpaired) electrons. The number of Topliss-reactive ketones (excluding diaryl/α,β-unsaturated/α-hetero) is 1. The molecule has 0 spiro atoms. The number of hydrogen-bond donors (Lipinski definition) is 2. The highest BCUT2D eigenvalue weighted by atomic mass is 16.2. The van der Waals surface area contributed by atoms with Gasteiger partial charge in [-0.3, -0.25) is 24.1 Å². The van der Waals surface area contributed by atoms with E-state index in [1.54, 1.807) is 6.92 Å². The Balaban J connectivity index is 1.51. The molecule has 7 heteroatoms. The molecule has 2 N–H and O–H groups in total. The SMILES string of the molecule is CCC(=O)CCN1C(=O)CC(NCCCCCCNC(=O)C2CCCCC2C)C1=O. The summed E-state index contributed by atoms with van der Waals surface area (Å²) in [4.78, 5) is 49.3. The van der Waals surface area contributed by atoms with Gasteiger partial charge in [-0.25, -0.2) is 0 Å². The molecule has 2 rings (SSSR count). The summed E-state index contributed by atoms with van der Waals surface area (Å²) in [5, 5.41) is 6.28. The molecule has 30 heavy (non-hydrogen) atoms. The van der Waals surface area contributed by atoms with Gasteiger partial charge in [0.1, 0.15) is 5.78 Å². The summed E-state index contributed by atoms with van der Waals surface area (Å²) in [6.45, 7) is 5.59. The molecule has 1 saturated carbocycles. The van der Waals surface area contributed by atoms with Crippen LogP contribution >= 0.6 is 0 Å². The minimum absolute atomic E-state index is 0.0662. The van der Waals surface area contributed by atoms with Crippen LogP contribution in [0.3, 0.4) is 0 Å². The highest BCUT2D eigenvalue weighted by Gasteiger charge is 2.37. The van der Waals surface area contributed by atoms with Crippen LogP contribution in [0.2, 0.25) is 0 Å². The molecular weight excluding hydrogens is 382 g/mol. The first kappa shape index (κ1) is 24.5. The van der Waals surface area contributed by atoms with Gasteiger partial charge < -0.3 is 10.6 Å². The summed E-state index contributed by atoms with van der Waals surface area (Å²) in [5.41, 5.74) is 0. The number of nitrogens with one attached hydrogen (secondary N) is 2. The van der Waals surface area contributed by atoms with Crippen LogP contribution in [0.25, 0.3) is 0 Å². The lowest BCUT2D eigenvalue weighted by Gasteiger charge is -2.27. The number of imide groups is 1. The highest BCUT2D eigenvalue weighted by molar-refractivity contribution is 6.05. The molecular formula is C23H39N3O4. The number of carbonyl (C=O) groups is 4. The van der Waals surface area contributed by atoms with E-state index in [9.17, 15) is 19.2 Å². The van der Waals surface area contributed by atoms with E-state index < -0.39 is 6.04 Å². The van der Waals surface area contributed by atoms with Crippen LogP contribution in [-0.2, 0) is 19.2 Å². The molecule has 1 heterocycles. The Hall–Kier alpha value is -1.76. The predicted octanol–water partition coefficient (Wildman–Crippen LogP) is 2.58. The van der Waals surface area contributed by atoms with Gasteiger partial charge in [0.2, 0.25) is 17.7 Å². The molecule has 0 aromatic heterocycles. The van der Waals surface area contributed by atoms with Crippen LogP contribution in [0.15, 0.2) is 0 Å². The zero-order valence-electron chi connectivity index (χ0n) is 18.7. The molecule has 7 nitrogen and oxygen atoms in total. The van der Waals surface area contributed by atoms with Crippen molar-refractivity contribution in [3.8, 4) is 0 Å². The van der Waals surface area contributed by atoms with Crippen molar-refractivity contribution >= 4 is 23.5 Å². The Kier molecular flexibility index (Phi) is 10.5. The van der Waals surface area contributed by atoms with Gasteiger partial charge in [-0.05, 0) is 38.1 Å². The second-order valence-electron chi connectivity index (χ2n) is 8.81. The zero-order chi connectivity index (χ0) is 21.9. The summed E-state index contributed by atoms with van der Waals surface area (Å²) in [7, 11) is 0. The predicted molar refractivity (Wildman–Crippen MR) is 116 cm³/mol. The fourth-order valence-electron chi connectivity index (χ4n) is 4.42. The van der Waals surface area contributed by atoms with Crippen LogP contribution in [-0.4, -0.2) is 54.1 Å². The third-order valence-electron chi connectivity index (χ3n) is 6.49. The zero-order valence-corrected chi connectivity index (χ0v) is 18.7. The summed E-state index contributed by atoms with van der Waals surface area (Å²) in [6.07, 6.45) is 9.41. The first-order valence-electron chi connectivity index (χ1n) is 11.8. The van der Waals surface area contributed by atoms with E-state index in [0.717, 1.165) is 45.1 Å². The van der Waals surface area contributed by atoms with Crippen LogP contribution in [0.1, 0.15) is 84.5 Å². The second kappa shape index (κ2) is 12.8. The fourth-order valence-corrected chi connectivity index (χ4v) is 4.42. The van der Waals surface area contributed by atoms with Gasteiger partial charge in [-0.2, -0.15) is 0 Å². The van der Waals surface area contributed by atoms with Crippen molar-refractivity contribution in [2.75, 3.05) is 19.6 Å². The smallest absolute Gasteiger partial charge is 0.246 e. The first-order chi connectivity index (χ1) is 14.4. The largest absolute Gasteiger partial charge is 0.356 e. The van der Waals surface area contributed by atoms with Gasteiger partial charge in [0.05, 0.1) is 12.5 Å². The Labute approximate surface area is 180 Å². The Morgan fingerprint density at radius 1 is 1.03 bits per heavy atom. The molecule has 1 aliphatic carbocycles. The first-order valence-corrected chi connectivity index (χ1v) is 11.8. The summed E-state index contributed by atoms with van der Waals surface area (Å²) < 4.78 is 0. The van der Waals surface area contributed by atoms with Gasteiger partial charge in [0.15, 0.2) is 0 Å². The third-order valence-corrected chi connectivity index (χ3v) is 6.49. The summed E-state index contributed by atoms with van der Waals surface area (Å²) in [6, 6.07) is -0.453. The maximum atomic E-state index is 12.3. The van der Waals surface area contributed by atoms with E-state index in [1.807, 2.05) is 0 Å². The average molecular weight is 422 g/mol. The normalized spacial score (nSPS) is 24.3. The second-order valence-corrected chi connectivity index (χ2v) is 8.81. The molecule has 2 fully saturated rings. The molecule has 1 saturated heterocycles. The van der Waals surface area contributed by atoms with Crippen LogP contribution < -0.4 is 10.6 Å². The van der Waals surface area contributed by atoms with Crippen molar-refractivity contribution in [2.24, 2.45) is 11.8 Å². The summed E-state index contributed by atoms with van der Waals surface area (Å²) >= 11 is 0. The van der Waals surface area contributed by atoms with Crippen LogP contribution in [0, 0.1) is 11.8 Å². The number of unbranched alkanes of at least 4 members (excludes halogenated alkanes) is 3. The molecule has 3 unspecified atom stereocenters. The van der Waals surface area contributed by atoms with E-state index in [-0.39, 0.29) is 48.8 Å². The van der Waals surface area contributed by atoms with Crippen molar-refractivity contribution in [1.82, 2.24) is 15.5 Å². The molecule has 3 atom stereocenters. The molecule has 170 valence electrons. The minimum Gasteiger partial charge on any atom is -0.356 e. The maximum Gasteiger partial charge on any atom is 0.246 e. The standard InChI is InChI=1S/C23H39N3O4/c1-3-18(27)12-15-26-21(28)16-20(23(26)30)24-13-8-4-5-9-14-25-22(29)19-11-7-6-10-17(19)2/h17,19-20,24H,3-16H2,1-2H3,(H,25,29). The number of hydrogen-bond acceptors (Lipinski definition) is 5. The number of ketones is 1. The van der Waals surface area contributed by atoms with Crippen LogP contribution in [0.4, 0.5) is 0 Å². The van der Waals surface area contributed by atoms with Crippen molar-refractivity contribution < 1.29 is 19.2 Å². The molecule has 2 aliphatic rings. The van der Waals surface area contributed by atoms with Crippen LogP contribution in [0.5, 0.6) is 0 Å². The lowest BCUT2D eigenvalue weighted by atomic mass is 9.80. The Bertz CT molecular complexity index is 607. The quantitative estimate of drug-likeness (QED) is 0.352. The lowest BCUT2D eigenvalue weighted by Crippen LogP contribution is -2.39. The van der Waals surface area contributed by atoms with Gasteiger partial charge >= 0.3 is 0 Å². The number of carbonyl (C=O) groups excluding carboxylic acids is 4. The van der Waals surface area contributed by atoms with E-state index in [0.29, 0.717) is 18.9 Å². The van der Waals surface area contributed by atoms with E-state index in [1.165, 1.54) is 17.7 Å². The molecule has 0 bridgehead atoms. The number of rotatable bonds is 13. The minimum atomic E-state index is -0.453. The van der Waals surface area contributed by atoms with Crippen molar-refractivity contribution in [1.29, 1.82) is 0 Å². The van der Waals surface area contributed by atoms with E-state index >= 15 is 0 Å². The maximum absolute atomic E-state index is 12.3. The fraction of sp³-hybridized carbons (Fsp3) is 0.826. The lowest BCUT2D eigenvalue weighted by molar-refractivity contribution is -0.139. The van der Waals surface area contributed by atoms with Crippen molar-refractivity contribution in [3.63, 3.8) is 0 Å². The van der Waals surface area contributed by atoms with Gasteiger partial charge in [-0.15, -0.1) is 0 Å². The third kappa shape index (κ3) is 7.49.